The Bertz CT molecular complexity index is 552. The van der Waals surface area contributed by atoms with E-state index in [0.717, 1.165) is 32.2 Å². The first-order valence-corrected chi connectivity index (χ1v) is 9.44. The molecular weight excluding hydrogens is 336 g/mol. The zero-order valence-corrected chi connectivity index (χ0v) is 15.9. The van der Waals surface area contributed by atoms with Crippen LogP contribution in [0.1, 0.15) is 56.3 Å². The van der Waals surface area contributed by atoms with Crippen LogP contribution in [0.15, 0.2) is 24.3 Å². The van der Waals surface area contributed by atoms with Gasteiger partial charge in [0.05, 0.1) is 6.10 Å². The van der Waals surface area contributed by atoms with E-state index in [0.29, 0.717) is 19.2 Å². The van der Waals surface area contributed by atoms with Crippen LogP contribution >= 0.6 is 12.4 Å². The third kappa shape index (κ3) is 5.70. The van der Waals surface area contributed by atoms with Crippen molar-refractivity contribution in [2.45, 2.75) is 57.6 Å². The summed E-state index contributed by atoms with van der Waals surface area (Å²) < 4.78 is 6.09. The van der Waals surface area contributed by atoms with Crippen LogP contribution in [-0.4, -0.2) is 31.6 Å². The molecule has 1 saturated heterocycles. The summed E-state index contributed by atoms with van der Waals surface area (Å²) in [5.41, 5.74) is 2.79. The molecule has 25 heavy (non-hydrogen) atoms. The lowest BCUT2D eigenvalue weighted by Crippen LogP contribution is -2.42. The number of fused-ring (bicyclic) bond motifs is 1. The number of hydrogen-bond donors (Lipinski definition) is 2. The number of benzene rings is 1. The lowest BCUT2D eigenvalue weighted by molar-refractivity contribution is -0.126. The average molecular weight is 367 g/mol. The summed E-state index contributed by atoms with van der Waals surface area (Å²) in [4.78, 5) is 12.2. The van der Waals surface area contributed by atoms with Crippen LogP contribution in [0, 0.1) is 5.92 Å². The van der Waals surface area contributed by atoms with Crippen molar-refractivity contribution in [3.05, 3.63) is 35.4 Å². The number of hydrogen-bond acceptors (Lipinski definition) is 3. The second kappa shape index (κ2) is 10.1. The Labute approximate surface area is 157 Å². The van der Waals surface area contributed by atoms with E-state index in [9.17, 15) is 4.79 Å². The molecule has 1 heterocycles. The summed E-state index contributed by atoms with van der Waals surface area (Å²) >= 11 is 0. The molecule has 140 valence electrons. The maximum Gasteiger partial charge on any atom is 0.223 e. The molecule has 5 heteroatoms. The van der Waals surface area contributed by atoms with Gasteiger partial charge in [-0.05, 0) is 63.1 Å². The fourth-order valence-electron chi connectivity index (χ4n) is 3.91. The van der Waals surface area contributed by atoms with Gasteiger partial charge in [0, 0.05) is 25.1 Å². The van der Waals surface area contributed by atoms with Crippen molar-refractivity contribution in [1.82, 2.24) is 10.6 Å². The predicted molar refractivity (Wildman–Crippen MR) is 103 cm³/mol. The Hall–Kier alpha value is -1.10. The highest BCUT2D eigenvalue weighted by Gasteiger charge is 2.24. The molecule has 1 aromatic rings. The number of rotatable bonds is 6. The van der Waals surface area contributed by atoms with E-state index in [2.05, 4.69) is 41.8 Å². The van der Waals surface area contributed by atoms with Gasteiger partial charge in [-0.2, -0.15) is 0 Å². The van der Waals surface area contributed by atoms with E-state index >= 15 is 0 Å². The largest absolute Gasteiger partial charge is 0.373 e. The molecule has 3 rings (SSSR count). The SMILES string of the molecule is C[C@H]1C[C@@H](C(=O)NCCCOC2CCCc3ccccc32)CCN1.Cl. The molecule has 0 spiro atoms. The smallest absolute Gasteiger partial charge is 0.223 e. The van der Waals surface area contributed by atoms with Crippen LogP contribution in [0.2, 0.25) is 0 Å². The van der Waals surface area contributed by atoms with E-state index in [1.807, 2.05) is 0 Å². The van der Waals surface area contributed by atoms with Crippen LogP contribution in [0.4, 0.5) is 0 Å². The Morgan fingerprint density at radius 2 is 2.16 bits per heavy atom. The lowest BCUT2D eigenvalue weighted by Gasteiger charge is -2.27. The summed E-state index contributed by atoms with van der Waals surface area (Å²) in [6.07, 6.45) is 6.48. The zero-order chi connectivity index (χ0) is 16.8. The van der Waals surface area contributed by atoms with Crippen LogP contribution in [0.25, 0.3) is 0 Å². The summed E-state index contributed by atoms with van der Waals surface area (Å²) in [6, 6.07) is 9.06. The van der Waals surface area contributed by atoms with Gasteiger partial charge in [-0.3, -0.25) is 4.79 Å². The lowest BCUT2D eigenvalue weighted by atomic mass is 9.89. The van der Waals surface area contributed by atoms with Gasteiger partial charge in [0.1, 0.15) is 0 Å². The first kappa shape index (κ1) is 20.2. The minimum Gasteiger partial charge on any atom is -0.373 e. The Morgan fingerprint density at radius 3 is 3.00 bits per heavy atom. The van der Waals surface area contributed by atoms with Gasteiger partial charge in [0.2, 0.25) is 5.91 Å². The van der Waals surface area contributed by atoms with Crippen molar-refractivity contribution in [2.75, 3.05) is 19.7 Å². The highest BCUT2D eigenvalue weighted by Crippen LogP contribution is 2.32. The molecule has 1 aliphatic carbocycles. The zero-order valence-electron chi connectivity index (χ0n) is 15.1. The normalized spacial score (nSPS) is 25.6. The van der Waals surface area contributed by atoms with E-state index < -0.39 is 0 Å². The van der Waals surface area contributed by atoms with Gasteiger partial charge in [-0.1, -0.05) is 24.3 Å². The van der Waals surface area contributed by atoms with Crippen molar-refractivity contribution < 1.29 is 9.53 Å². The molecule has 3 atom stereocenters. The average Bonchev–Trinajstić information content (AvgIpc) is 2.61. The number of halogens is 1. The highest BCUT2D eigenvalue weighted by atomic mass is 35.5. The number of piperidine rings is 1. The first-order chi connectivity index (χ1) is 11.7. The third-order valence-corrected chi connectivity index (χ3v) is 5.25. The van der Waals surface area contributed by atoms with Crippen LogP contribution in [0.5, 0.6) is 0 Å². The molecular formula is C20H31ClN2O2. The summed E-state index contributed by atoms with van der Waals surface area (Å²) in [5, 5.41) is 6.47. The second-order valence-electron chi connectivity index (χ2n) is 7.17. The summed E-state index contributed by atoms with van der Waals surface area (Å²) in [7, 11) is 0. The van der Waals surface area contributed by atoms with Crippen LogP contribution in [-0.2, 0) is 16.0 Å². The molecule has 1 amide bonds. The maximum absolute atomic E-state index is 12.2. The molecule has 4 nitrogen and oxygen atoms in total. The monoisotopic (exact) mass is 366 g/mol. The van der Waals surface area contributed by atoms with E-state index in [-0.39, 0.29) is 30.3 Å². The minimum atomic E-state index is 0. The molecule has 0 radical (unpaired) electrons. The highest BCUT2D eigenvalue weighted by molar-refractivity contribution is 5.85. The molecule has 1 unspecified atom stereocenters. The number of amides is 1. The van der Waals surface area contributed by atoms with Crippen molar-refractivity contribution >= 4 is 18.3 Å². The number of aryl methyl sites for hydroxylation is 1. The molecule has 0 saturated carbocycles. The molecule has 1 aromatic carbocycles. The van der Waals surface area contributed by atoms with Gasteiger partial charge in [-0.25, -0.2) is 0 Å². The van der Waals surface area contributed by atoms with Gasteiger partial charge >= 0.3 is 0 Å². The molecule has 2 N–H and O–H groups in total. The van der Waals surface area contributed by atoms with E-state index in [4.69, 9.17) is 4.74 Å². The Kier molecular flexibility index (Phi) is 8.20. The topological polar surface area (TPSA) is 50.4 Å². The quantitative estimate of drug-likeness (QED) is 0.759. The fourth-order valence-corrected chi connectivity index (χ4v) is 3.91. The number of nitrogens with one attached hydrogen (secondary N) is 2. The third-order valence-electron chi connectivity index (χ3n) is 5.25. The van der Waals surface area contributed by atoms with E-state index in [1.165, 1.54) is 24.0 Å². The van der Waals surface area contributed by atoms with E-state index in [1.54, 1.807) is 0 Å². The Balaban J connectivity index is 0.00000225. The molecule has 0 aromatic heterocycles. The number of carbonyl (C=O) groups is 1. The standard InChI is InChI=1S/C20H30N2O2.ClH/c1-15-14-17(10-12-21-15)20(23)22-11-5-13-24-19-9-4-7-16-6-2-3-8-18(16)19;/h2-3,6,8,15,17,19,21H,4-5,7,9-14H2,1H3,(H,22,23);1H/t15-,17-,19?;/m0./s1. The van der Waals surface area contributed by atoms with Crippen LogP contribution in [0.3, 0.4) is 0 Å². The van der Waals surface area contributed by atoms with Crippen molar-refractivity contribution in [1.29, 1.82) is 0 Å². The number of ether oxygens (including phenoxy) is 1. The fraction of sp³-hybridized carbons (Fsp3) is 0.650. The molecule has 2 aliphatic rings. The van der Waals surface area contributed by atoms with Crippen molar-refractivity contribution in [2.24, 2.45) is 5.92 Å². The van der Waals surface area contributed by atoms with Crippen molar-refractivity contribution in [3.8, 4) is 0 Å². The second-order valence-corrected chi connectivity index (χ2v) is 7.17. The van der Waals surface area contributed by atoms with Gasteiger partial charge < -0.3 is 15.4 Å². The summed E-state index contributed by atoms with van der Waals surface area (Å²) in [6.45, 7) is 4.52. The van der Waals surface area contributed by atoms with Gasteiger partial charge in [-0.15, -0.1) is 12.4 Å². The van der Waals surface area contributed by atoms with Gasteiger partial charge in [0.15, 0.2) is 0 Å². The predicted octanol–water partition coefficient (Wildman–Crippen LogP) is 3.40. The maximum atomic E-state index is 12.2. The molecule has 1 aliphatic heterocycles. The van der Waals surface area contributed by atoms with Gasteiger partial charge in [0.25, 0.3) is 0 Å². The molecule has 0 bridgehead atoms. The van der Waals surface area contributed by atoms with Crippen molar-refractivity contribution in [3.63, 3.8) is 0 Å². The minimum absolute atomic E-state index is 0. The Morgan fingerprint density at radius 1 is 1.32 bits per heavy atom. The van der Waals surface area contributed by atoms with Crippen LogP contribution < -0.4 is 10.6 Å². The first-order valence-electron chi connectivity index (χ1n) is 9.44. The number of carbonyl (C=O) groups excluding carboxylic acids is 1. The molecule has 1 fully saturated rings. The summed E-state index contributed by atoms with van der Waals surface area (Å²) in [5.74, 6) is 0.388.